The van der Waals surface area contributed by atoms with Crippen molar-refractivity contribution in [2.24, 2.45) is 0 Å². The van der Waals surface area contributed by atoms with E-state index in [4.69, 9.17) is 4.74 Å². The maximum Gasteiger partial charge on any atom is 0.418 e. The lowest BCUT2D eigenvalue weighted by Gasteiger charge is -2.24. The van der Waals surface area contributed by atoms with Gasteiger partial charge in [0.25, 0.3) is 0 Å². The first-order chi connectivity index (χ1) is 16.4. The molecule has 2 atom stereocenters. The third-order valence-corrected chi connectivity index (χ3v) is 5.21. The number of pyridine rings is 1. The minimum absolute atomic E-state index is 0.00798. The number of hydrogen-bond donors (Lipinski definition) is 2. The van der Waals surface area contributed by atoms with Gasteiger partial charge in [0.05, 0.1) is 36.0 Å². The number of benzene rings is 2. The molecule has 2 N–H and O–H groups in total. The summed E-state index contributed by atoms with van der Waals surface area (Å²) in [6.07, 6.45) is -8.33. The molecule has 0 unspecified atom stereocenters. The van der Waals surface area contributed by atoms with Crippen molar-refractivity contribution in [3.63, 3.8) is 0 Å². The van der Waals surface area contributed by atoms with E-state index in [1.165, 1.54) is 7.11 Å². The standard InChI is InChI=1S/C24H21F6N3O2/c1-14(16-5-3-6-18(13-16)35-2)32-22(34)33-20(15-8-10-17(11-9-15)23(25,26)27)21-19(24(28,29)30)7-4-12-31-21/h3-14,20H,1-2H3,(H2,32,33,34)/t14-,20+/m1/s1. The van der Waals surface area contributed by atoms with Crippen molar-refractivity contribution in [2.75, 3.05) is 7.11 Å². The Hall–Kier alpha value is -3.76. The molecule has 0 aliphatic heterocycles. The lowest BCUT2D eigenvalue weighted by atomic mass is 9.98. The predicted octanol–water partition coefficient (Wildman–Crippen LogP) is 6.28. The third-order valence-electron chi connectivity index (χ3n) is 5.21. The van der Waals surface area contributed by atoms with Crippen LogP contribution in [0.3, 0.4) is 0 Å². The molecular formula is C24H21F6N3O2. The van der Waals surface area contributed by atoms with E-state index >= 15 is 0 Å². The average Bonchev–Trinajstić information content (AvgIpc) is 2.81. The summed E-state index contributed by atoms with van der Waals surface area (Å²) in [5, 5.41) is 5.04. The zero-order chi connectivity index (χ0) is 25.8. The SMILES string of the molecule is COc1cccc([C@@H](C)NC(=O)N[C@@H](c2ccc(C(F)(F)F)cc2)c2ncccc2C(F)(F)F)c1. The summed E-state index contributed by atoms with van der Waals surface area (Å²) in [5.41, 5.74) is -1.99. The smallest absolute Gasteiger partial charge is 0.418 e. The Labute approximate surface area is 197 Å². The normalized spacial score (nSPS) is 13.6. The molecule has 3 aromatic rings. The van der Waals surface area contributed by atoms with Crippen LogP contribution in [0, 0.1) is 0 Å². The molecule has 11 heteroatoms. The highest BCUT2D eigenvalue weighted by Gasteiger charge is 2.37. The molecule has 2 aromatic carbocycles. The van der Waals surface area contributed by atoms with E-state index in [-0.39, 0.29) is 5.56 Å². The number of ether oxygens (including phenoxy) is 1. The predicted molar refractivity (Wildman–Crippen MR) is 116 cm³/mol. The summed E-state index contributed by atoms with van der Waals surface area (Å²) in [6.45, 7) is 1.66. The quantitative estimate of drug-likeness (QED) is 0.394. The first-order valence-corrected chi connectivity index (χ1v) is 10.3. The van der Waals surface area contributed by atoms with Crippen molar-refractivity contribution in [1.29, 1.82) is 0 Å². The van der Waals surface area contributed by atoms with E-state index in [2.05, 4.69) is 15.6 Å². The number of nitrogens with zero attached hydrogens (tertiary/aromatic N) is 1. The largest absolute Gasteiger partial charge is 0.497 e. The fourth-order valence-electron chi connectivity index (χ4n) is 3.42. The van der Waals surface area contributed by atoms with Crippen LogP contribution in [0.2, 0.25) is 0 Å². The minimum atomic E-state index is -4.81. The topological polar surface area (TPSA) is 63.2 Å². The molecule has 0 bridgehead atoms. The Morgan fingerprint density at radius 3 is 2.17 bits per heavy atom. The maximum atomic E-state index is 13.7. The number of nitrogens with one attached hydrogen (secondary N) is 2. The Kier molecular flexibility index (Phi) is 7.57. The summed E-state index contributed by atoms with van der Waals surface area (Å²) >= 11 is 0. The van der Waals surface area contributed by atoms with Gasteiger partial charge in [-0.05, 0) is 54.4 Å². The summed E-state index contributed by atoms with van der Waals surface area (Å²) in [7, 11) is 1.48. The fourth-order valence-corrected chi connectivity index (χ4v) is 3.42. The van der Waals surface area contributed by atoms with Crippen molar-refractivity contribution in [3.05, 3.63) is 94.8 Å². The second kappa shape index (κ2) is 10.2. The second-order valence-corrected chi connectivity index (χ2v) is 7.60. The molecule has 186 valence electrons. The number of halogens is 6. The van der Waals surface area contributed by atoms with Crippen molar-refractivity contribution in [2.45, 2.75) is 31.4 Å². The third kappa shape index (κ3) is 6.43. The van der Waals surface area contributed by atoms with Crippen molar-refractivity contribution in [1.82, 2.24) is 15.6 Å². The molecule has 35 heavy (non-hydrogen) atoms. The number of methoxy groups -OCH3 is 1. The number of urea groups is 1. The molecule has 0 saturated carbocycles. The second-order valence-electron chi connectivity index (χ2n) is 7.60. The van der Waals surface area contributed by atoms with Gasteiger partial charge in [-0.25, -0.2) is 4.79 Å². The number of rotatable bonds is 6. The monoisotopic (exact) mass is 497 g/mol. The number of carbonyl (C=O) groups excluding carboxylic acids is 1. The van der Waals surface area contributed by atoms with Gasteiger partial charge >= 0.3 is 18.4 Å². The van der Waals surface area contributed by atoms with E-state index in [1.807, 2.05) is 0 Å². The van der Waals surface area contributed by atoms with Gasteiger partial charge in [0.15, 0.2) is 0 Å². The van der Waals surface area contributed by atoms with Crippen LogP contribution in [-0.4, -0.2) is 18.1 Å². The Bertz CT molecular complexity index is 1160. The van der Waals surface area contributed by atoms with Crippen LogP contribution in [0.25, 0.3) is 0 Å². The van der Waals surface area contributed by atoms with Crippen LogP contribution in [-0.2, 0) is 12.4 Å². The lowest BCUT2D eigenvalue weighted by molar-refractivity contribution is -0.139. The molecule has 0 spiro atoms. The van der Waals surface area contributed by atoms with Crippen LogP contribution < -0.4 is 15.4 Å². The molecule has 2 amide bonds. The average molecular weight is 497 g/mol. The van der Waals surface area contributed by atoms with E-state index < -0.39 is 47.3 Å². The van der Waals surface area contributed by atoms with Gasteiger partial charge in [0, 0.05) is 6.20 Å². The van der Waals surface area contributed by atoms with Gasteiger partial charge in [0.2, 0.25) is 0 Å². The van der Waals surface area contributed by atoms with Gasteiger partial charge in [-0.2, -0.15) is 26.3 Å². The van der Waals surface area contributed by atoms with Crippen LogP contribution in [0.1, 0.15) is 47.0 Å². The van der Waals surface area contributed by atoms with E-state index in [0.717, 1.165) is 42.6 Å². The van der Waals surface area contributed by atoms with Crippen LogP contribution in [0.5, 0.6) is 5.75 Å². The summed E-state index contributed by atoms with van der Waals surface area (Å²) in [6, 6.07) is 9.28. The van der Waals surface area contributed by atoms with Crippen LogP contribution in [0.4, 0.5) is 31.1 Å². The molecule has 0 aliphatic rings. The van der Waals surface area contributed by atoms with Crippen molar-refractivity contribution in [3.8, 4) is 5.75 Å². The molecule has 5 nitrogen and oxygen atoms in total. The van der Waals surface area contributed by atoms with E-state index in [9.17, 15) is 31.1 Å². The molecular weight excluding hydrogens is 476 g/mol. The first kappa shape index (κ1) is 25.9. The van der Waals surface area contributed by atoms with Gasteiger partial charge in [-0.3, -0.25) is 4.98 Å². The highest BCUT2D eigenvalue weighted by atomic mass is 19.4. The first-order valence-electron chi connectivity index (χ1n) is 10.3. The summed E-state index contributed by atoms with van der Waals surface area (Å²) in [4.78, 5) is 16.6. The highest BCUT2D eigenvalue weighted by Crippen LogP contribution is 2.36. The summed E-state index contributed by atoms with van der Waals surface area (Å²) in [5.74, 6) is 0.544. The molecule has 0 saturated heterocycles. The zero-order valence-corrected chi connectivity index (χ0v) is 18.5. The number of amides is 2. The van der Waals surface area contributed by atoms with Crippen LogP contribution >= 0.6 is 0 Å². The molecule has 1 heterocycles. The molecule has 0 fully saturated rings. The summed E-state index contributed by atoms with van der Waals surface area (Å²) < 4.78 is 85.1. The van der Waals surface area contributed by atoms with E-state index in [0.29, 0.717) is 11.3 Å². The Morgan fingerprint density at radius 2 is 1.57 bits per heavy atom. The highest BCUT2D eigenvalue weighted by molar-refractivity contribution is 5.75. The maximum absolute atomic E-state index is 13.7. The zero-order valence-electron chi connectivity index (χ0n) is 18.5. The molecule has 1 aromatic heterocycles. The number of hydrogen-bond acceptors (Lipinski definition) is 3. The van der Waals surface area contributed by atoms with Gasteiger partial charge < -0.3 is 15.4 Å². The molecule has 0 radical (unpaired) electrons. The fraction of sp³-hybridized carbons (Fsp3) is 0.250. The Morgan fingerprint density at radius 1 is 0.886 bits per heavy atom. The van der Waals surface area contributed by atoms with E-state index in [1.54, 1.807) is 31.2 Å². The van der Waals surface area contributed by atoms with Gasteiger partial charge in [0.1, 0.15) is 5.75 Å². The van der Waals surface area contributed by atoms with Crippen molar-refractivity contribution < 1.29 is 35.9 Å². The van der Waals surface area contributed by atoms with Crippen molar-refractivity contribution >= 4 is 6.03 Å². The van der Waals surface area contributed by atoms with Crippen LogP contribution in [0.15, 0.2) is 66.9 Å². The minimum Gasteiger partial charge on any atom is -0.497 e. The molecule has 3 rings (SSSR count). The molecule has 0 aliphatic carbocycles. The lowest BCUT2D eigenvalue weighted by Crippen LogP contribution is -2.40. The number of carbonyl (C=O) groups is 1. The number of alkyl halides is 6. The van der Waals surface area contributed by atoms with Gasteiger partial charge in [-0.1, -0.05) is 24.3 Å². The Balaban J connectivity index is 1.94. The van der Waals surface area contributed by atoms with Gasteiger partial charge in [-0.15, -0.1) is 0 Å². The number of aromatic nitrogens is 1.